The summed E-state index contributed by atoms with van der Waals surface area (Å²) in [5, 5.41) is 19.1. The van der Waals surface area contributed by atoms with E-state index in [9.17, 15) is 5.11 Å². The van der Waals surface area contributed by atoms with E-state index >= 15 is 0 Å². The van der Waals surface area contributed by atoms with Crippen LogP contribution in [0.15, 0.2) is 18.2 Å². The van der Waals surface area contributed by atoms with Gasteiger partial charge in [0, 0.05) is 23.7 Å². The molecule has 0 saturated heterocycles. The Kier molecular flexibility index (Phi) is 3.06. The molecule has 0 bridgehead atoms. The van der Waals surface area contributed by atoms with Gasteiger partial charge in [-0.25, -0.2) is 0 Å². The van der Waals surface area contributed by atoms with Crippen molar-refractivity contribution in [3.63, 3.8) is 0 Å². The summed E-state index contributed by atoms with van der Waals surface area (Å²) in [4.78, 5) is 0. The Balaban J connectivity index is 2.31. The lowest BCUT2D eigenvalue weighted by Crippen LogP contribution is -2.35. The van der Waals surface area contributed by atoms with Crippen LogP contribution in [0, 0.1) is 0 Å². The highest BCUT2D eigenvalue weighted by atomic mass is 16.5. The first-order valence-electron chi connectivity index (χ1n) is 5.70. The summed E-state index contributed by atoms with van der Waals surface area (Å²) >= 11 is 0. The molecule has 1 aromatic rings. The summed E-state index contributed by atoms with van der Waals surface area (Å²) in [6, 6.07) is 5.43. The third-order valence-electron chi connectivity index (χ3n) is 3.68. The Morgan fingerprint density at radius 1 is 1.38 bits per heavy atom. The van der Waals surface area contributed by atoms with Crippen LogP contribution in [0.2, 0.25) is 0 Å². The third-order valence-corrected chi connectivity index (χ3v) is 3.68. The monoisotopic (exact) mass is 222 g/mol. The van der Waals surface area contributed by atoms with Crippen molar-refractivity contribution in [1.82, 2.24) is 0 Å². The number of aliphatic hydroxyl groups excluding tert-OH is 1. The second-order valence-corrected chi connectivity index (χ2v) is 4.49. The molecule has 0 heterocycles. The number of aliphatic hydroxyl groups is 1. The average molecular weight is 222 g/mol. The minimum absolute atomic E-state index is 0.00882. The van der Waals surface area contributed by atoms with Crippen LogP contribution in [0.1, 0.15) is 31.2 Å². The van der Waals surface area contributed by atoms with Gasteiger partial charge in [-0.3, -0.25) is 0 Å². The molecule has 2 N–H and O–H groups in total. The van der Waals surface area contributed by atoms with E-state index in [0.717, 1.165) is 24.8 Å². The molecule has 1 aliphatic rings. The van der Waals surface area contributed by atoms with E-state index in [0.29, 0.717) is 5.75 Å². The summed E-state index contributed by atoms with van der Waals surface area (Å²) in [6.07, 6.45) is 4.00. The average Bonchev–Trinajstić information content (AvgIpc) is 2.24. The normalized spacial score (nSPS) is 17.9. The quantitative estimate of drug-likeness (QED) is 0.821. The second-order valence-electron chi connectivity index (χ2n) is 4.49. The molecule has 88 valence electrons. The zero-order valence-electron chi connectivity index (χ0n) is 9.57. The van der Waals surface area contributed by atoms with Crippen LogP contribution in [0.5, 0.6) is 11.5 Å². The van der Waals surface area contributed by atoms with E-state index in [1.807, 2.05) is 12.1 Å². The van der Waals surface area contributed by atoms with Crippen LogP contribution in [-0.4, -0.2) is 23.9 Å². The summed E-state index contributed by atoms with van der Waals surface area (Å²) in [5.41, 5.74) is 0.944. The van der Waals surface area contributed by atoms with E-state index in [1.165, 1.54) is 6.42 Å². The largest absolute Gasteiger partial charge is 0.508 e. The van der Waals surface area contributed by atoms with Gasteiger partial charge in [0.05, 0.1) is 7.11 Å². The van der Waals surface area contributed by atoms with Gasteiger partial charge in [0.2, 0.25) is 0 Å². The van der Waals surface area contributed by atoms with Gasteiger partial charge in [-0.1, -0.05) is 12.5 Å². The second kappa shape index (κ2) is 4.34. The molecule has 3 heteroatoms. The topological polar surface area (TPSA) is 49.7 Å². The molecule has 0 aromatic heterocycles. The molecule has 3 nitrogen and oxygen atoms in total. The number of aromatic hydroxyl groups is 1. The molecule has 0 unspecified atom stereocenters. The van der Waals surface area contributed by atoms with Crippen LogP contribution in [0.3, 0.4) is 0 Å². The number of phenolic OH excluding ortho intramolecular Hbond substituents is 1. The van der Waals surface area contributed by atoms with E-state index in [1.54, 1.807) is 13.2 Å². The fourth-order valence-corrected chi connectivity index (χ4v) is 2.56. The molecule has 1 saturated carbocycles. The van der Waals surface area contributed by atoms with Crippen molar-refractivity contribution in [3.8, 4) is 11.5 Å². The Bertz CT molecular complexity index is 369. The maximum absolute atomic E-state index is 9.99. The van der Waals surface area contributed by atoms with Crippen molar-refractivity contribution in [2.75, 3.05) is 13.7 Å². The lowest BCUT2D eigenvalue weighted by Gasteiger charge is -2.42. The number of methoxy groups -OCH3 is 1. The smallest absolute Gasteiger partial charge is 0.123 e. The highest BCUT2D eigenvalue weighted by Gasteiger charge is 2.39. The first kappa shape index (κ1) is 11.3. The highest BCUT2D eigenvalue weighted by molar-refractivity contribution is 5.45. The molecule has 0 spiro atoms. The molecule has 2 rings (SSSR count). The van der Waals surface area contributed by atoms with E-state index < -0.39 is 0 Å². The Morgan fingerprint density at radius 2 is 2.12 bits per heavy atom. The fraction of sp³-hybridized carbons (Fsp3) is 0.538. The maximum Gasteiger partial charge on any atom is 0.123 e. The summed E-state index contributed by atoms with van der Waals surface area (Å²) in [6.45, 7) is 0.172. The Hall–Kier alpha value is -1.22. The van der Waals surface area contributed by atoms with E-state index in [4.69, 9.17) is 9.84 Å². The first-order valence-corrected chi connectivity index (χ1v) is 5.70. The van der Waals surface area contributed by atoms with Crippen LogP contribution in [-0.2, 0) is 5.41 Å². The lowest BCUT2D eigenvalue weighted by molar-refractivity contribution is 0.164. The molecule has 0 atom stereocenters. The van der Waals surface area contributed by atoms with Crippen molar-refractivity contribution in [1.29, 1.82) is 0 Å². The zero-order chi connectivity index (χ0) is 11.6. The SMILES string of the molecule is COc1ccc(C2(CCO)CCC2)c(O)c1. The van der Waals surface area contributed by atoms with Crippen molar-refractivity contribution in [3.05, 3.63) is 23.8 Å². The minimum atomic E-state index is -0.00882. The minimum Gasteiger partial charge on any atom is -0.508 e. The van der Waals surface area contributed by atoms with Crippen molar-refractivity contribution in [2.45, 2.75) is 31.1 Å². The van der Waals surface area contributed by atoms with Gasteiger partial charge in [-0.15, -0.1) is 0 Å². The lowest BCUT2D eigenvalue weighted by atomic mass is 9.62. The van der Waals surface area contributed by atoms with Gasteiger partial charge in [0.1, 0.15) is 11.5 Å². The molecule has 1 aromatic carbocycles. The summed E-state index contributed by atoms with van der Waals surface area (Å²) < 4.78 is 5.06. The molecule has 16 heavy (non-hydrogen) atoms. The van der Waals surface area contributed by atoms with Crippen molar-refractivity contribution in [2.24, 2.45) is 0 Å². The summed E-state index contributed by atoms with van der Waals surface area (Å²) in [5.74, 6) is 0.951. The Morgan fingerprint density at radius 3 is 2.56 bits per heavy atom. The Labute approximate surface area is 95.7 Å². The van der Waals surface area contributed by atoms with Crippen LogP contribution in [0.4, 0.5) is 0 Å². The van der Waals surface area contributed by atoms with Gasteiger partial charge < -0.3 is 14.9 Å². The van der Waals surface area contributed by atoms with Gasteiger partial charge in [-0.05, 0) is 25.3 Å². The fourth-order valence-electron chi connectivity index (χ4n) is 2.56. The van der Waals surface area contributed by atoms with Crippen LogP contribution >= 0.6 is 0 Å². The first-order chi connectivity index (χ1) is 7.72. The standard InChI is InChI=1S/C13H18O3/c1-16-10-3-4-11(12(15)9-10)13(7-8-14)5-2-6-13/h3-4,9,14-15H,2,5-8H2,1H3. The summed E-state index contributed by atoms with van der Waals surface area (Å²) in [7, 11) is 1.58. The van der Waals surface area contributed by atoms with Crippen LogP contribution in [0.25, 0.3) is 0 Å². The van der Waals surface area contributed by atoms with Gasteiger partial charge in [0.15, 0.2) is 0 Å². The van der Waals surface area contributed by atoms with Gasteiger partial charge >= 0.3 is 0 Å². The predicted octanol–water partition coefficient (Wildman–Crippen LogP) is 2.20. The van der Waals surface area contributed by atoms with E-state index in [2.05, 4.69) is 0 Å². The van der Waals surface area contributed by atoms with Gasteiger partial charge in [0.25, 0.3) is 0 Å². The molecule has 1 fully saturated rings. The molecule has 0 radical (unpaired) electrons. The van der Waals surface area contributed by atoms with E-state index in [-0.39, 0.29) is 17.8 Å². The van der Waals surface area contributed by atoms with Crippen molar-refractivity contribution >= 4 is 0 Å². The number of rotatable bonds is 4. The predicted molar refractivity (Wildman–Crippen MR) is 61.9 cm³/mol. The highest BCUT2D eigenvalue weighted by Crippen LogP contribution is 2.49. The van der Waals surface area contributed by atoms with Gasteiger partial charge in [-0.2, -0.15) is 0 Å². The number of benzene rings is 1. The maximum atomic E-state index is 9.99. The molecule has 0 amide bonds. The van der Waals surface area contributed by atoms with Crippen molar-refractivity contribution < 1.29 is 14.9 Å². The molecule has 0 aliphatic heterocycles. The number of phenols is 1. The third kappa shape index (κ3) is 1.76. The molecular weight excluding hydrogens is 204 g/mol. The molecular formula is C13H18O3. The van der Waals surface area contributed by atoms with Crippen LogP contribution < -0.4 is 4.74 Å². The number of hydrogen-bond donors (Lipinski definition) is 2. The molecule has 1 aliphatic carbocycles. The zero-order valence-corrected chi connectivity index (χ0v) is 9.57. The number of ether oxygens (including phenoxy) is 1. The number of hydrogen-bond acceptors (Lipinski definition) is 3.